The van der Waals surface area contributed by atoms with E-state index < -0.39 is 11.8 Å². The molecule has 0 spiro atoms. The number of nitrogens with zero attached hydrogens (tertiary/aromatic N) is 5. The highest BCUT2D eigenvalue weighted by molar-refractivity contribution is 6.09. The summed E-state index contributed by atoms with van der Waals surface area (Å²) in [7, 11) is 9.08. The number of nitrogens with one attached hydrogen (secondary N) is 5. The molecule has 0 aliphatic heterocycles. The summed E-state index contributed by atoms with van der Waals surface area (Å²) >= 11 is 0. The third-order valence-corrected chi connectivity index (χ3v) is 7.95. The molecule has 4 heterocycles. The van der Waals surface area contributed by atoms with Gasteiger partial charge in [-0.15, -0.1) is 0 Å². The summed E-state index contributed by atoms with van der Waals surface area (Å²) in [5, 5.41) is 14.1. The Balaban J connectivity index is 1.46. The number of hydrogen-bond donors (Lipinski definition) is 5. The van der Waals surface area contributed by atoms with E-state index in [1.807, 2.05) is 14.1 Å². The summed E-state index contributed by atoms with van der Waals surface area (Å²) < 4.78 is 6.65. The van der Waals surface area contributed by atoms with Gasteiger partial charge in [-0.2, -0.15) is 0 Å². The molecule has 0 saturated heterocycles. The summed E-state index contributed by atoms with van der Waals surface area (Å²) in [5.74, 6) is -1.32. The molecule has 5 N–H and O–H groups in total. The van der Waals surface area contributed by atoms with Crippen molar-refractivity contribution in [3.05, 3.63) is 71.8 Å². The number of aromatic nitrogens is 4. The Morgan fingerprint density at radius 3 is 1.52 bits per heavy atom. The van der Waals surface area contributed by atoms with E-state index in [0.717, 1.165) is 19.4 Å². The summed E-state index contributed by atoms with van der Waals surface area (Å²) in [5.41, 5.74) is 3.17. The van der Waals surface area contributed by atoms with Crippen LogP contribution in [-0.2, 0) is 32.5 Å². The minimum atomic E-state index is -0.433. The van der Waals surface area contributed by atoms with Crippen molar-refractivity contribution in [2.75, 3.05) is 48.5 Å². The van der Waals surface area contributed by atoms with Gasteiger partial charge >= 0.3 is 0 Å². The molecule has 0 aromatic carbocycles. The molecule has 4 aromatic heterocycles. The molecule has 0 bridgehead atoms. The van der Waals surface area contributed by atoms with Gasteiger partial charge in [-0.25, -0.2) is 0 Å². The van der Waals surface area contributed by atoms with Gasteiger partial charge in [0, 0.05) is 65.9 Å². The summed E-state index contributed by atoms with van der Waals surface area (Å²) in [6.07, 6.45) is 8.28. The second kappa shape index (κ2) is 16.2. The summed E-state index contributed by atoms with van der Waals surface area (Å²) in [4.78, 5) is 66.1. The van der Waals surface area contributed by atoms with E-state index in [1.54, 1.807) is 88.5 Å². The molecule has 0 atom stereocenters. The Morgan fingerprint density at radius 2 is 1.06 bits per heavy atom. The fraction of sp³-hybridized carbons (Fsp3) is 0.400. The van der Waals surface area contributed by atoms with Crippen LogP contribution in [0.1, 0.15) is 75.6 Å². The number of aryl methyl sites for hydroxylation is 4. The van der Waals surface area contributed by atoms with E-state index in [2.05, 4.69) is 45.3 Å². The molecule has 0 unspecified atom stereocenters. The van der Waals surface area contributed by atoms with Crippen molar-refractivity contribution in [2.45, 2.75) is 40.2 Å². The Kier molecular flexibility index (Phi) is 12.1. The summed E-state index contributed by atoms with van der Waals surface area (Å²) in [6, 6.07) is 6.37. The average molecular weight is 689 g/mol. The highest BCUT2D eigenvalue weighted by atomic mass is 16.2. The predicted octanol–water partition coefficient (Wildman–Crippen LogP) is 3.95. The van der Waals surface area contributed by atoms with Crippen LogP contribution in [0.2, 0.25) is 0 Å². The molecule has 5 amide bonds. The first-order valence-electron chi connectivity index (χ1n) is 16.4. The van der Waals surface area contributed by atoms with Gasteiger partial charge in [-0.1, -0.05) is 13.8 Å². The first-order chi connectivity index (χ1) is 23.6. The van der Waals surface area contributed by atoms with Crippen LogP contribution in [0.5, 0.6) is 0 Å². The molecule has 0 saturated carbocycles. The average Bonchev–Trinajstić information content (AvgIpc) is 3.79. The Bertz CT molecular complexity index is 1870. The molecule has 15 nitrogen and oxygen atoms in total. The Labute approximate surface area is 292 Å². The maximum absolute atomic E-state index is 13.5. The van der Waals surface area contributed by atoms with E-state index in [0.29, 0.717) is 58.8 Å². The zero-order valence-corrected chi connectivity index (χ0v) is 30.0. The lowest BCUT2D eigenvalue weighted by Crippen LogP contribution is -2.28. The van der Waals surface area contributed by atoms with Crippen molar-refractivity contribution in [3.8, 4) is 0 Å². The topological polar surface area (TPSA) is 168 Å². The number of anilines is 4. The Morgan fingerprint density at radius 1 is 0.640 bits per heavy atom. The maximum Gasteiger partial charge on any atom is 0.272 e. The first kappa shape index (κ1) is 37.3. The number of carbonyl (C=O) groups is 5. The van der Waals surface area contributed by atoms with Gasteiger partial charge in [0.05, 0.1) is 22.7 Å². The van der Waals surface area contributed by atoms with Crippen LogP contribution >= 0.6 is 0 Å². The molecule has 0 fully saturated rings. The lowest BCUT2D eigenvalue weighted by molar-refractivity contribution is -0.114. The Hall–Kier alpha value is -5.57. The zero-order chi connectivity index (χ0) is 36.7. The van der Waals surface area contributed by atoms with Crippen molar-refractivity contribution in [1.82, 2.24) is 28.5 Å². The highest BCUT2D eigenvalue weighted by Crippen LogP contribution is 2.22. The van der Waals surface area contributed by atoms with Crippen molar-refractivity contribution in [3.63, 3.8) is 0 Å². The maximum atomic E-state index is 13.5. The number of carbonyl (C=O) groups excluding carboxylic acids is 5. The third kappa shape index (κ3) is 9.75. The van der Waals surface area contributed by atoms with E-state index in [-0.39, 0.29) is 23.4 Å². The molecule has 0 radical (unpaired) electrons. The normalized spacial score (nSPS) is 11.2. The van der Waals surface area contributed by atoms with Crippen LogP contribution in [0, 0.1) is 5.92 Å². The van der Waals surface area contributed by atoms with E-state index in [4.69, 9.17) is 0 Å². The minimum absolute atomic E-state index is 0.225. The highest BCUT2D eigenvalue weighted by Gasteiger charge is 2.21. The second-order valence-corrected chi connectivity index (χ2v) is 13.1. The number of rotatable bonds is 15. The van der Waals surface area contributed by atoms with Gasteiger partial charge < -0.3 is 49.8 Å². The lowest BCUT2D eigenvalue weighted by atomic mass is 10.1. The molecule has 0 aliphatic carbocycles. The van der Waals surface area contributed by atoms with Crippen LogP contribution in [-0.4, -0.2) is 79.9 Å². The zero-order valence-electron chi connectivity index (χ0n) is 30.0. The number of hydrogen-bond acceptors (Lipinski definition) is 6. The molecule has 0 aliphatic rings. The van der Waals surface area contributed by atoms with Crippen LogP contribution in [0.15, 0.2) is 49.1 Å². The van der Waals surface area contributed by atoms with E-state index in [1.165, 1.54) is 6.92 Å². The largest absolute Gasteiger partial charge is 0.351 e. The first-order valence-corrected chi connectivity index (χ1v) is 16.4. The molecule has 268 valence electrons. The van der Waals surface area contributed by atoms with Gasteiger partial charge in [-0.3, -0.25) is 24.0 Å². The number of amides is 5. The molecular weight excluding hydrogens is 640 g/mol. The monoisotopic (exact) mass is 688 g/mol. The molecular formula is C35H48N10O5. The molecule has 15 heteroatoms. The SMILES string of the molecule is CC(=O)Nc1cc(C(=O)Nc2cc(C(=O)Nc3cc(C(=O)Nc4cc(C(=O)NCCCN(C)C)n(C)c4)n(CCC(C)C)c3)n(C)c2)n(C)c1. The molecule has 50 heavy (non-hydrogen) atoms. The van der Waals surface area contributed by atoms with Gasteiger partial charge in [0.2, 0.25) is 5.91 Å². The van der Waals surface area contributed by atoms with Gasteiger partial charge in [0.1, 0.15) is 22.8 Å². The van der Waals surface area contributed by atoms with Crippen molar-refractivity contribution in [2.24, 2.45) is 27.1 Å². The predicted molar refractivity (Wildman–Crippen MR) is 194 cm³/mol. The van der Waals surface area contributed by atoms with Crippen molar-refractivity contribution in [1.29, 1.82) is 0 Å². The quantitative estimate of drug-likeness (QED) is 0.119. The van der Waals surface area contributed by atoms with Crippen LogP contribution in [0.4, 0.5) is 22.7 Å². The van der Waals surface area contributed by atoms with Gasteiger partial charge in [0.25, 0.3) is 23.6 Å². The second-order valence-electron chi connectivity index (χ2n) is 13.1. The standard InChI is InChI=1S/C35H48N10O5/c1-22(2)10-13-45-21-27(17-31(45)35(50)39-25-15-28(42(6)19-25)32(47)36-11-9-12-41(4)5)40-34(49)30-16-26(20-44(30)8)38-33(48)29-14-24(18-43(29)7)37-23(3)46/h14-22H,9-13H2,1-8H3,(H,36,47)(H,37,46)(H,38,48)(H,39,50)(H,40,49). The van der Waals surface area contributed by atoms with E-state index >= 15 is 0 Å². The fourth-order valence-electron chi connectivity index (χ4n) is 5.40. The third-order valence-electron chi connectivity index (χ3n) is 7.95. The van der Waals surface area contributed by atoms with Gasteiger partial charge in [0.15, 0.2) is 0 Å². The van der Waals surface area contributed by atoms with E-state index in [9.17, 15) is 24.0 Å². The molecule has 4 rings (SSSR count). The van der Waals surface area contributed by atoms with Crippen molar-refractivity contribution < 1.29 is 24.0 Å². The lowest BCUT2D eigenvalue weighted by Gasteiger charge is -2.10. The smallest absolute Gasteiger partial charge is 0.272 e. The molecule has 4 aromatic rings. The fourth-order valence-corrected chi connectivity index (χ4v) is 5.40. The van der Waals surface area contributed by atoms with Crippen LogP contribution in [0.25, 0.3) is 0 Å². The van der Waals surface area contributed by atoms with Gasteiger partial charge in [-0.05, 0) is 63.7 Å². The summed E-state index contributed by atoms with van der Waals surface area (Å²) in [6.45, 7) is 7.52. The van der Waals surface area contributed by atoms with Crippen molar-refractivity contribution >= 4 is 52.3 Å². The van der Waals surface area contributed by atoms with Crippen LogP contribution in [0.3, 0.4) is 0 Å². The minimum Gasteiger partial charge on any atom is -0.351 e. The van der Waals surface area contributed by atoms with Crippen LogP contribution < -0.4 is 26.6 Å².